The van der Waals surface area contributed by atoms with E-state index in [9.17, 15) is 0 Å². The van der Waals surface area contributed by atoms with Gasteiger partial charge in [-0.1, -0.05) is 18.2 Å². The topological polar surface area (TPSA) is 47.5 Å². The highest BCUT2D eigenvalue weighted by molar-refractivity contribution is 6.95. The highest BCUT2D eigenvalue weighted by Gasteiger charge is 2.49. The van der Waals surface area contributed by atoms with Gasteiger partial charge in [0, 0.05) is 17.8 Å². The van der Waals surface area contributed by atoms with Crippen LogP contribution < -0.4 is 25.3 Å². The molecule has 1 unspecified atom stereocenters. The summed E-state index contributed by atoms with van der Waals surface area (Å²) in [6.07, 6.45) is 10.4. The van der Waals surface area contributed by atoms with Crippen molar-refractivity contribution in [3.63, 3.8) is 0 Å². The van der Waals surface area contributed by atoms with Crippen LogP contribution in [0.5, 0.6) is 11.5 Å². The second-order valence-electron chi connectivity index (χ2n) is 7.41. The lowest BCUT2D eigenvalue weighted by Gasteiger charge is -2.45. The molecular weight excluding hydrogens is 349 g/mol. The van der Waals surface area contributed by atoms with Gasteiger partial charge in [0.25, 0.3) is 6.71 Å². The normalized spacial score (nSPS) is 19.8. The van der Waals surface area contributed by atoms with E-state index in [4.69, 9.17) is 9.47 Å². The Kier molecular flexibility index (Phi) is 2.61. The number of benzene rings is 2. The molecule has 1 aromatic heterocycles. The molecule has 0 N–H and O–H groups in total. The maximum Gasteiger partial charge on any atom is 0.261 e. The van der Waals surface area contributed by atoms with E-state index >= 15 is 0 Å². The molecule has 4 heterocycles. The van der Waals surface area contributed by atoms with Crippen molar-refractivity contribution in [3.8, 4) is 11.5 Å². The first-order valence-corrected chi connectivity index (χ1v) is 9.46. The quantitative estimate of drug-likeness (QED) is 0.623. The van der Waals surface area contributed by atoms with E-state index in [1.165, 1.54) is 16.4 Å². The molecule has 1 atom stereocenters. The summed E-state index contributed by atoms with van der Waals surface area (Å²) in [6, 6.07) is 12.6. The van der Waals surface area contributed by atoms with Gasteiger partial charge in [-0.25, -0.2) is 9.97 Å². The summed E-state index contributed by atoms with van der Waals surface area (Å²) >= 11 is 0. The van der Waals surface area contributed by atoms with Crippen LogP contribution in [0.3, 0.4) is 0 Å². The zero-order valence-electron chi connectivity index (χ0n) is 14.9. The highest BCUT2D eigenvalue weighted by Crippen LogP contribution is 2.45. The predicted octanol–water partition coefficient (Wildman–Crippen LogP) is 2.78. The number of anilines is 3. The molecule has 1 aliphatic carbocycles. The van der Waals surface area contributed by atoms with E-state index in [0.717, 1.165) is 40.7 Å². The van der Waals surface area contributed by atoms with E-state index in [2.05, 4.69) is 63.4 Å². The van der Waals surface area contributed by atoms with Gasteiger partial charge in [-0.3, -0.25) is 0 Å². The van der Waals surface area contributed by atoms with Gasteiger partial charge in [-0.2, -0.15) is 0 Å². The van der Waals surface area contributed by atoms with E-state index in [-0.39, 0.29) is 12.8 Å². The molecule has 4 aliphatic rings. The molecule has 5 nitrogen and oxygen atoms in total. The van der Waals surface area contributed by atoms with E-state index in [1.54, 1.807) is 6.33 Å². The maximum atomic E-state index is 6.43. The second-order valence-corrected chi connectivity index (χ2v) is 7.41. The molecule has 0 saturated heterocycles. The monoisotopic (exact) mass is 363 g/mol. The van der Waals surface area contributed by atoms with Crippen LogP contribution in [-0.4, -0.2) is 22.8 Å². The maximum absolute atomic E-state index is 6.43. The lowest BCUT2D eigenvalue weighted by Crippen LogP contribution is -2.60. The molecule has 0 amide bonds. The van der Waals surface area contributed by atoms with Gasteiger partial charge in [0.2, 0.25) is 0 Å². The number of hydrogen-bond donors (Lipinski definition) is 0. The fourth-order valence-corrected chi connectivity index (χ4v) is 4.98. The van der Waals surface area contributed by atoms with Gasteiger partial charge in [0.05, 0.1) is 18.1 Å². The van der Waals surface area contributed by atoms with Gasteiger partial charge in [-0.05, 0) is 46.7 Å². The van der Waals surface area contributed by atoms with Gasteiger partial charge in [0.15, 0.2) is 0 Å². The first-order valence-electron chi connectivity index (χ1n) is 9.46. The van der Waals surface area contributed by atoms with E-state index in [1.807, 2.05) is 12.4 Å². The first kappa shape index (κ1) is 14.5. The summed E-state index contributed by atoms with van der Waals surface area (Å²) in [5.41, 5.74) is 6.80. The number of aromatic nitrogens is 2. The number of allylic oxidation sites excluding steroid dienone is 1. The number of ether oxygens (including phenoxy) is 2. The first-order chi connectivity index (χ1) is 13.9. The van der Waals surface area contributed by atoms with Crippen LogP contribution in [0.2, 0.25) is 0 Å². The third-order valence-electron chi connectivity index (χ3n) is 6.00. The van der Waals surface area contributed by atoms with Crippen molar-refractivity contribution in [3.05, 3.63) is 78.5 Å². The van der Waals surface area contributed by atoms with Crippen molar-refractivity contribution < 1.29 is 9.47 Å². The number of hydrogen-bond acceptors (Lipinski definition) is 5. The van der Waals surface area contributed by atoms with Crippen LogP contribution in [0.15, 0.2) is 78.5 Å². The van der Waals surface area contributed by atoms with Gasteiger partial charge >= 0.3 is 0 Å². The third kappa shape index (κ3) is 1.68. The Morgan fingerprint density at radius 2 is 1.71 bits per heavy atom. The molecule has 28 heavy (non-hydrogen) atoms. The molecule has 3 aromatic rings. The fourth-order valence-electron chi connectivity index (χ4n) is 4.98. The average molecular weight is 363 g/mol. The summed E-state index contributed by atoms with van der Waals surface area (Å²) in [4.78, 5) is 10.7. The van der Waals surface area contributed by atoms with Crippen molar-refractivity contribution in [2.24, 2.45) is 0 Å². The van der Waals surface area contributed by atoms with E-state index < -0.39 is 0 Å². The summed E-state index contributed by atoms with van der Waals surface area (Å²) in [5, 5.41) is 0. The van der Waals surface area contributed by atoms with Crippen LogP contribution >= 0.6 is 0 Å². The van der Waals surface area contributed by atoms with Crippen LogP contribution in [0, 0.1) is 0 Å². The average Bonchev–Trinajstić information content (AvgIpc) is 2.75. The molecule has 132 valence electrons. The van der Waals surface area contributed by atoms with E-state index in [0.29, 0.717) is 0 Å². The van der Waals surface area contributed by atoms with Crippen molar-refractivity contribution in [2.75, 3.05) is 4.90 Å². The van der Waals surface area contributed by atoms with Crippen molar-refractivity contribution in [1.82, 2.24) is 9.97 Å². The molecular formula is C22H14BN3O2. The Morgan fingerprint density at radius 3 is 2.54 bits per heavy atom. The fraction of sp³-hybridized carbons (Fsp3) is 0.0909. The van der Waals surface area contributed by atoms with Crippen molar-refractivity contribution in [1.29, 1.82) is 0 Å². The Morgan fingerprint density at radius 1 is 0.964 bits per heavy atom. The summed E-state index contributed by atoms with van der Waals surface area (Å²) < 4.78 is 12.8. The second kappa shape index (κ2) is 5.04. The lowest BCUT2D eigenvalue weighted by molar-refractivity contribution is 0.235. The Labute approximate surface area is 162 Å². The molecule has 2 aromatic carbocycles. The Bertz CT molecular complexity index is 1220. The lowest BCUT2D eigenvalue weighted by atomic mass is 9.31. The summed E-state index contributed by atoms with van der Waals surface area (Å²) in [6.45, 7) is 0.158. The van der Waals surface area contributed by atoms with Crippen molar-refractivity contribution in [2.45, 2.75) is 12.5 Å². The highest BCUT2D eigenvalue weighted by atomic mass is 16.5. The summed E-state index contributed by atoms with van der Waals surface area (Å²) in [7, 11) is 0. The van der Waals surface area contributed by atoms with Crippen LogP contribution in [0.25, 0.3) is 0 Å². The minimum absolute atomic E-state index is 0.0283. The molecule has 0 radical (unpaired) electrons. The Hall–Kier alpha value is -3.54. The third-order valence-corrected chi connectivity index (χ3v) is 6.00. The number of nitrogens with zero attached hydrogens (tertiary/aromatic N) is 3. The van der Waals surface area contributed by atoms with Crippen LogP contribution in [0.1, 0.15) is 6.42 Å². The molecule has 7 rings (SSSR count). The van der Waals surface area contributed by atoms with Gasteiger partial charge < -0.3 is 14.4 Å². The molecule has 6 heteroatoms. The van der Waals surface area contributed by atoms with Crippen LogP contribution in [0.4, 0.5) is 17.1 Å². The predicted molar refractivity (Wildman–Crippen MR) is 108 cm³/mol. The van der Waals surface area contributed by atoms with Gasteiger partial charge in [0.1, 0.15) is 29.7 Å². The molecule has 0 saturated carbocycles. The zero-order valence-corrected chi connectivity index (χ0v) is 14.9. The molecule has 0 spiro atoms. The Balaban J connectivity index is 1.61. The summed E-state index contributed by atoms with van der Waals surface area (Å²) in [5.74, 6) is 2.80. The minimum atomic E-state index is 0.0283. The molecule has 3 aliphatic heterocycles. The standard InChI is InChI=1S/C22H14BN3O2/c1-4-14-20-16(6-1)27-18-8-3-9-19-22(18)23(20)21-15(5-2-7-17(21)28-19)26(14)13-10-24-12-25-11-13/h1-8,10-12,19H,9H2. The number of rotatable bonds is 1. The molecule has 0 fully saturated rings. The minimum Gasteiger partial charge on any atom is -0.487 e. The van der Waals surface area contributed by atoms with Crippen molar-refractivity contribution >= 4 is 34.7 Å². The molecule has 0 bridgehead atoms. The zero-order chi connectivity index (χ0) is 18.2. The SMILES string of the molecule is C1=CC2=C3B4c5c(cccc5N(c5cncnc5)c5cccc(c54)OC3C1)O2. The largest absolute Gasteiger partial charge is 0.487 e. The smallest absolute Gasteiger partial charge is 0.261 e. The van der Waals surface area contributed by atoms with Gasteiger partial charge in [-0.15, -0.1) is 0 Å². The van der Waals surface area contributed by atoms with Crippen LogP contribution in [-0.2, 0) is 0 Å².